The predicted octanol–water partition coefficient (Wildman–Crippen LogP) is 3.69. The summed E-state index contributed by atoms with van der Waals surface area (Å²) in [6.45, 7) is 3.36. The van der Waals surface area contributed by atoms with E-state index in [1.807, 2.05) is 0 Å². The van der Waals surface area contributed by atoms with Crippen LogP contribution in [0, 0.1) is 11.7 Å². The lowest BCUT2D eigenvalue weighted by molar-refractivity contribution is -0.153. The number of hydrogen-bond donors (Lipinski definition) is 0. The number of halogens is 1. The van der Waals surface area contributed by atoms with Gasteiger partial charge in [-0.1, -0.05) is 19.1 Å². The Morgan fingerprint density at radius 3 is 2.62 bits per heavy atom. The molecule has 0 saturated heterocycles. The molecule has 0 bridgehead atoms. The maximum atomic E-state index is 13.2. The van der Waals surface area contributed by atoms with Crippen LogP contribution in [0.2, 0.25) is 0 Å². The van der Waals surface area contributed by atoms with Gasteiger partial charge in [-0.25, -0.2) is 9.18 Å². The van der Waals surface area contributed by atoms with Crippen LogP contribution in [0.25, 0.3) is 0 Å². The molecule has 0 amide bonds. The first-order valence-electron chi connectivity index (χ1n) is 7.53. The summed E-state index contributed by atoms with van der Waals surface area (Å²) < 4.78 is 28.4. The lowest BCUT2D eigenvalue weighted by atomic mass is 10.0. The SMILES string of the molecule is COC(=O)c1ccc(C(C)OC(=O)C(C)Cc2cccc(F)c2)o1. The van der Waals surface area contributed by atoms with Crippen LogP contribution in [0.4, 0.5) is 4.39 Å². The summed E-state index contributed by atoms with van der Waals surface area (Å²) in [6.07, 6.45) is -0.277. The number of hydrogen-bond acceptors (Lipinski definition) is 5. The van der Waals surface area contributed by atoms with E-state index >= 15 is 0 Å². The molecule has 1 aromatic heterocycles. The topological polar surface area (TPSA) is 65.7 Å². The second-order valence-electron chi connectivity index (χ2n) is 5.51. The number of carbonyl (C=O) groups is 2. The largest absolute Gasteiger partial charge is 0.463 e. The molecule has 0 radical (unpaired) electrons. The molecule has 0 spiro atoms. The average Bonchev–Trinajstić information content (AvgIpc) is 3.04. The molecule has 2 unspecified atom stereocenters. The highest BCUT2D eigenvalue weighted by atomic mass is 19.1. The molecule has 24 heavy (non-hydrogen) atoms. The number of methoxy groups -OCH3 is 1. The zero-order valence-electron chi connectivity index (χ0n) is 13.7. The molecule has 2 rings (SSSR count). The molecule has 0 aliphatic heterocycles. The van der Waals surface area contributed by atoms with Gasteiger partial charge in [0.1, 0.15) is 11.6 Å². The summed E-state index contributed by atoms with van der Waals surface area (Å²) in [6, 6.07) is 9.11. The van der Waals surface area contributed by atoms with Crippen LogP contribution in [0.3, 0.4) is 0 Å². The van der Waals surface area contributed by atoms with Crippen molar-refractivity contribution in [2.24, 2.45) is 5.92 Å². The van der Waals surface area contributed by atoms with Crippen LogP contribution < -0.4 is 0 Å². The molecule has 0 fully saturated rings. The van der Waals surface area contributed by atoms with Crippen molar-refractivity contribution in [3.63, 3.8) is 0 Å². The Morgan fingerprint density at radius 1 is 1.21 bits per heavy atom. The first-order chi connectivity index (χ1) is 11.4. The van der Waals surface area contributed by atoms with Crippen molar-refractivity contribution in [1.82, 2.24) is 0 Å². The van der Waals surface area contributed by atoms with Gasteiger partial charge < -0.3 is 13.9 Å². The van der Waals surface area contributed by atoms with Gasteiger partial charge in [0.2, 0.25) is 5.76 Å². The first kappa shape index (κ1) is 17.7. The van der Waals surface area contributed by atoms with Gasteiger partial charge in [-0.2, -0.15) is 0 Å². The van der Waals surface area contributed by atoms with E-state index in [2.05, 4.69) is 4.74 Å². The molecule has 1 aromatic carbocycles. The van der Waals surface area contributed by atoms with Gasteiger partial charge >= 0.3 is 11.9 Å². The van der Waals surface area contributed by atoms with Gasteiger partial charge in [-0.15, -0.1) is 0 Å². The number of ether oxygens (including phenoxy) is 2. The normalized spacial score (nSPS) is 13.2. The standard InChI is InChI=1S/C18H19FO5/c1-11(9-13-5-4-6-14(19)10-13)17(20)23-12(2)15-7-8-16(24-15)18(21)22-3/h4-8,10-12H,9H2,1-3H3. The van der Waals surface area contributed by atoms with Crippen LogP contribution >= 0.6 is 0 Å². The molecule has 0 aliphatic carbocycles. The third-order valence-corrected chi connectivity index (χ3v) is 3.54. The summed E-state index contributed by atoms with van der Waals surface area (Å²) >= 11 is 0. The minimum atomic E-state index is -0.647. The zero-order valence-corrected chi connectivity index (χ0v) is 13.7. The molecular formula is C18H19FO5. The van der Waals surface area contributed by atoms with Gasteiger partial charge in [0.25, 0.3) is 0 Å². The van der Waals surface area contributed by atoms with Gasteiger partial charge in [0, 0.05) is 0 Å². The van der Waals surface area contributed by atoms with E-state index in [4.69, 9.17) is 9.15 Å². The van der Waals surface area contributed by atoms with Crippen LogP contribution in [0.5, 0.6) is 0 Å². The molecule has 0 aliphatic rings. The molecular weight excluding hydrogens is 315 g/mol. The van der Waals surface area contributed by atoms with Crippen molar-refractivity contribution < 1.29 is 27.9 Å². The molecule has 5 nitrogen and oxygen atoms in total. The summed E-state index contributed by atoms with van der Waals surface area (Å²) in [5, 5.41) is 0. The highest BCUT2D eigenvalue weighted by Crippen LogP contribution is 2.22. The lowest BCUT2D eigenvalue weighted by Crippen LogP contribution is -2.18. The molecule has 6 heteroatoms. The second kappa shape index (κ2) is 7.77. The highest BCUT2D eigenvalue weighted by molar-refractivity contribution is 5.86. The Labute approximate surface area is 139 Å². The lowest BCUT2D eigenvalue weighted by Gasteiger charge is -2.15. The number of esters is 2. The second-order valence-corrected chi connectivity index (χ2v) is 5.51. The minimum absolute atomic E-state index is 0.0446. The van der Waals surface area contributed by atoms with Crippen LogP contribution in [0.1, 0.15) is 41.8 Å². The van der Waals surface area contributed by atoms with Crippen molar-refractivity contribution in [2.75, 3.05) is 7.11 Å². The van der Waals surface area contributed by atoms with E-state index in [9.17, 15) is 14.0 Å². The van der Waals surface area contributed by atoms with E-state index in [1.54, 1.807) is 32.0 Å². The fourth-order valence-electron chi connectivity index (χ4n) is 2.23. The Kier molecular flexibility index (Phi) is 5.73. The maximum absolute atomic E-state index is 13.2. The fraction of sp³-hybridized carbons (Fsp3) is 0.333. The Balaban J connectivity index is 1.95. The van der Waals surface area contributed by atoms with Crippen LogP contribution in [0.15, 0.2) is 40.8 Å². The number of rotatable bonds is 6. The highest BCUT2D eigenvalue weighted by Gasteiger charge is 2.22. The van der Waals surface area contributed by atoms with Gasteiger partial charge in [0.05, 0.1) is 13.0 Å². The molecule has 0 N–H and O–H groups in total. The van der Waals surface area contributed by atoms with Gasteiger partial charge in [-0.05, 0) is 43.2 Å². The quantitative estimate of drug-likeness (QED) is 0.754. The van der Waals surface area contributed by atoms with E-state index in [-0.39, 0.29) is 11.6 Å². The third-order valence-electron chi connectivity index (χ3n) is 3.54. The van der Waals surface area contributed by atoms with E-state index in [1.165, 1.54) is 25.3 Å². The third kappa shape index (κ3) is 4.44. The van der Waals surface area contributed by atoms with Crippen LogP contribution in [-0.2, 0) is 20.7 Å². The number of furan rings is 1. The minimum Gasteiger partial charge on any atom is -0.463 e. The van der Waals surface area contributed by atoms with Crippen LogP contribution in [-0.4, -0.2) is 19.0 Å². The van der Waals surface area contributed by atoms with Crippen molar-refractivity contribution in [2.45, 2.75) is 26.4 Å². The van der Waals surface area contributed by atoms with Gasteiger partial charge in [0.15, 0.2) is 6.10 Å². The summed E-state index contributed by atoms with van der Waals surface area (Å²) in [5.74, 6) is -1.41. The maximum Gasteiger partial charge on any atom is 0.373 e. The molecule has 2 aromatic rings. The van der Waals surface area contributed by atoms with E-state index < -0.39 is 24.0 Å². The van der Waals surface area contributed by atoms with Gasteiger partial charge in [-0.3, -0.25) is 4.79 Å². The van der Waals surface area contributed by atoms with E-state index in [0.717, 1.165) is 5.56 Å². The Morgan fingerprint density at radius 2 is 1.96 bits per heavy atom. The van der Waals surface area contributed by atoms with Crippen molar-refractivity contribution in [3.05, 3.63) is 59.3 Å². The van der Waals surface area contributed by atoms with Crippen molar-refractivity contribution >= 4 is 11.9 Å². The molecule has 128 valence electrons. The zero-order chi connectivity index (χ0) is 17.7. The number of carbonyl (C=O) groups excluding carboxylic acids is 2. The molecule has 2 atom stereocenters. The Hall–Kier alpha value is -2.63. The van der Waals surface area contributed by atoms with Crippen molar-refractivity contribution in [3.8, 4) is 0 Å². The fourth-order valence-corrected chi connectivity index (χ4v) is 2.23. The summed E-state index contributed by atoms with van der Waals surface area (Å²) in [4.78, 5) is 23.5. The summed E-state index contributed by atoms with van der Waals surface area (Å²) in [7, 11) is 1.25. The molecule has 0 saturated carbocycles. The predicted molar refractivity (Wildman–Crippen MR) is 83.8 cm³/mol. The van der Waals surface area contributed by atoms with Crippen molar-refractivity contribution in [1.29, 1.82) is 0 Å². The summed E-state index contributed by atoms with van der Waals surface area (Å²) in [5.41, 5.74) is 0.720. The smallest absolute Gasteiger partial charge is 0.373 e. The molecule has 1 heterocycles. The number of benzene rings is 1. The average molecular weight is 334 g/mol. The monoisotopic (exact) mass is 334 g/mol. The van der Waals surface area contributed by atoms with E-state index in [0.29, 0.717) is 12.2 Å². The Bertz CT molecular complexity index is 722. The first-order valence-corrected chi connectivity index (χ1v) is 7.53.